The van der Waals surface area contributed by atoms with E-state index in [1.54, 1.807) is 0 Å². The third-order valence-electron chi connectivity index (χ3n) is 14.9. The summed E-state index contributed by atoms with van der Waals surface area (Å²) in [6.45, 7) is 11.3. The summed E-state index contributed by atoms with van der Waals surface area (Å²) in [6, 6.07) is 16.7. The van der Waals surface area contributed by atoms with Crippen molar-refractivity contribution < 1.29 is 28.7 Å². The van der Waals surface area contributed by atoms with Crippen LogP contribution in [0.4, 0.5) is 9.59 Å². The van der Waals surface area contributed by atoms with Crippen molar-refractivity contribution in [1.82, 2.24) is 45.3 Å². The van der Waals surface area contributed by atoms with Crippen LogP contribution in [-0.2, 0) is 19.1 Å². The number of H-pyrrole nitrogens is 2. The van der Waals surface area contributed by atoms with Gasteiger partial charge in [0.05, 0.1) is 50.1 Å². The van der Waals surface area contributed by atoms with Crippen LogP contribution < -0.4 is 10.6 Å². The van der Waals surface area contributed by atoms with Crippen LogP contribution in [0.15, 0.2) is 60.9 Å². The lowest BCUT2D eigenvalue weighted by atomic mass is 9.68. The highest BCUT2D eigenvalue weighted by atomic mass is 16.5. The second-order valence-electron chi connectivity index (χ2n) is 19.6. The highest BCUT2D eigenvalue weighted by molar-refractivity contribution is 5.92. The predicted octanol–water partition coefficient (Wildman–Crippen LogP) is 8.34. The summed E-state index contributed by atoms with van der Waals surface area (Å²) in [7, 11) is 2.61. The first-order valence-electron chi connectivity index (χ1n) is 23.2. The molecule has 4 saturated heterocycles. The number of piperidine rings is 1. The summed E-state index contributed by atoms with van der Waals surface area (Å²) in [5, 5.41) is 7.73. The number of alkyl carbamates (subject to hydrolysis) is 2. The van der Waals surface area contributed by atoms with Crippen LogP contribution >= 0.6 is 0 Å². The highest BCUT2D eigenvalue weighted by Gasteiger charge is 2.66. The number of imidazole rings is 2. The number of carbonyl (C=O) groups excluding carboxylic acids is 4. The molecule has 0 bridgehead atoms. The zero-order chi connectivity index (χ0) is 45.5. The van der Waals surface area contributed by atoms with Gasteiger partial charge in [-0.05, 0) is 102 Å². The molecule has 4 fully saturated rings. The fourth-order valence-corrected chi connectivity index (χ4v) is 11.7. The van der Waals surface area contributed by atoms with Gasteiger partial charge in [-0.2, -0.15) is 0 Å². The van der Waals surface area contributed by atoms with E-state index in [9.17, 15) is 19.2 Å². The fourth-order valence-electron chi connectivity index (χ4n) is 11.7. The smallest absolute Gasteiger partial charge is 0.407 e. The van der Waals surface area contributed by atoms with Crippen molar-refractivity contribution >= 4 is 34.8 Å². The summed E-state index contributed by atoms with van der Waals surface area (Å²) in [4.78, 5) is 75.1. The van der Waals surface area contributed by atoms with E-state index in [0.717, 1.165) is 77.9 Å². The minimum absolute atomic E-state index is 0.107. The lowest BCUT2D eigenvalue weighted by Crippen LogP contribution is -2.66. The van der Waals surface area contributed by atoms with Gasteiger partial charge in [-0.3, -0.25) is 14.5 Å². The van der Waals surface area contributed by atoms with Crippen LogP contribution in [0.2, 0.25) is 0 Å². The number of rotatable bonds is 11. The molecule has 15 heteroatoms. The molecule has 0 aliphatic carbocycles. The van der Waals surface area contributed by atoms with Crippen LogP contribution in [-0.4, -0.2) is 104 Å². The van der Waals surface area contributed by atoms with Crippen LogP contribution in [0.5, 0.6) is 0 Å². The Labute approximate surface area is 379 Å². The molecule has 0 spiro atoms. The zero-order valence-corrected chi connectivity index (χ0v) is 38.2. The quantitative estimate of drug-likeness (QED) is 0.102. The van der Waals surface area contributed by atoms with Crippen molar-refractivity contribution in [2.24, 2.45) is 11.8 Å². The molecule has 5 aliphatic heterocycles. The van der Waals surface area contributed by atoms with Gasteiger partial charge in [0, 0.05) is 41.8 Å². The Morgan fingerprint density at radius 2 is 1.14 bits per heavy atom. The molecule has 3 aromatic carbocycles. The number of likely N-dealkylation sites (tertiary alicyclic amines) is 2. The molecule has 65 heavy (non-hydrogen) atoms. The lowest BCUT2D eigenvalue weighted by Gasteiger charge is -2.65. The number of aromatic nitrogens is 4. The zero-order valence-electron chi connectivity index (χ0n) is 38.2. The lowest BCUT2D eigenvalue weighted by molar-refractivity contribution is -0.177. The molecule has 4 amide bonds. The van der Waals surface area contributed by atoms with E-state index in [4.69, 9.17) is 19.4 Å². The number of amides is 4. The molecule has 5 aliphatic rings. The van der Waals surface area contributed by atoms with E-state index in [2.05, 4.69) is 81.0 Å². The third-order valence-corrected chi connectivity index (χ3v) is 14.9. The summed E-state index contributed by atoms with van der Waals surface area (Å²) < 4.78 is 9.63. The monoisotopic (exact) mass is 881 g/mol. The fraction of sp³-hybridized carbons (Fsp3) is 0.480. The Morgan fingerprint density at radius 1 is 0.662 bits per heavy atom. The predicted molar refractivity (Wildman–Crippen MR) is 245 cm³/mol. The van der Waals surface area contributed by atoms with Gasteiger partial charge in [0.15, 0.2) is 0 Å². The van der Waals surface area contributed by atoms with Gasteiger partial charge in [0.2, 0.25) is 11.8 Å². The minimum Gasteiger partial charge on any atom is -0.453 e. The number of aromatic amines is 2. The van der Waals surface area contributed by atoms with Crippen molar-refractivity contribution in [1.29, 1.82) is 0 Å². The van der Waals surface area contributed by atoms with E-state index in [1.165, 1.54) is 42.0 Å². The molecule has 4 N–H and O–H groups in total. The van der Waals surface area contributed by atoms with Crippen molar-refractivity contribution in [3.05, 3.63) is 83.7 Å². The number of hydrogen-bond donors (Lipinski definition) is 4. The number of nitrogens with zero attached hydrogens (tertiary/aromatic N) is 5. The molecule has 10 rings (SSSR count). The van der Waals surface area contributed by atoms with Gasteiger partial charge in [-0.15, -0.1) is 0 Å². The molecule has 0 radical (unpaired) electrons. The minimum atomic E-state index is -0.691. The van der Waals surface area contributed by atoms with Crippen molar-refractivity contribution in [2.45, 2.75) is 115 Å². The summed E-state index contributed by atoms with van der Waals surface area (Å²) in [5.74, 6) is 1.04. The molecule has 7 unspecified atom stereocenters. The van der Waals surface area contributed by atoms with Gasteiger partial charge >= 0.3 is 12.2 Å². The first-order chi connectivity index (χ1) is 31.3. The maximum Gasteiger partial charge on any atom is 0.407 e. The summed E-state index contributed by atoms with van der Waals surface area (Å²) in [5.41, 5.74) is 9.49. The third kappa shape index (κ3) is 7.13. The average Bonchev–Trinajstić information content (AvgIpc) is 4.15. The molecular weight excluding hydrogens is 823 g/mol. The highest BCUT2D eigenvalue weighted by Crippen LogP contribution is 2.71. The van der Waals surface area contributed by atoms with Gasteiger partial charge in [0.1, 0.15) is 23.7 Å². The SMILES string of the molecule is COC(=O)NC(C(=O)N1CCCC1c1ncc(-c2ccc3cc(-c4ccc(-c5cnc(C6CCCN6C(=O)C(NC(=O)OC)C(C)C)[nH]5)c5c4C4CC6(C)CC5N46)ccc3c2)[nH]1)C(C)C. The van der Waals surface area contributed by atoms with Crippen molar-refractivity contribution in [2.75, 3.05) is 27.3 Å². The number of ether oxygens (including phenoxy) is 2. The van der Waals surface area contributed by atoms with Gasteiger partial charge in [0.25, 0.3) is 0 Å². The Morgan fingerprint density at radius 3 is 1.66 bits per heavy atom. The number of nitrogens with one attached hydrogen (secondary N) is 4. The molecule has 7 atom stereocenters. The number of methoxy groups -OCH3 is 2. The van der Waals surface area contributed by atoms with Crippen molar-refractivity contribution in [3.8, 4) is 33.6 Å². The molecule has 5 aromatic rings. The van der Waals surface area contributed by atoms with Gasteiger partial charge in [-0.25, -0.2) is 19.6 Å². The van der Waals surface area contributed by atoms with Gasteiger partial charge < -0.3 is 39.9 Å². The number of fused-ring (bicyclic) bond motifs is 4. The van der Waals surface area contributed by atoms with Crippen LogP contribution in [0.1, 0.15) is 120 Å². The number of carbonyl (C=O) groups is 4. The van der Waals surface area contributed by atoms with E-state index in [-0.39, 0.29) is 41.3 Å². The van der Waals surface area contributed by atoms with Crippen LogP contribution in [0.25, 0.3) is 44.4 Å². The summed E-state index contributed by atoms with van der Waals surface area (Å²) >= 11 is 0. The maximum absolute atomic E-state index is 13.9. The van der Waals surface area contributed by atoms with E-state index < -0.39 is 24.3 Å². The Kier molecular flexibility index (Phi) is 10.7. The number of benzene rings is 3. The topological polar surface area (TPSA) is 178 Å². The Balaban J connectivity index is 0.910. The Bertz CT molecular complexity index is 2710. The molecule has 340 valence electrons. The maximum atomic E-state index is 13.9. The molecule has 7 heterocycles. The number of hydrogen-bond acceptors (Lipinski definition) is 9. The normalized spacial score (nSPS) is 24.1. The molecular formula is C50H59N9O6. The van der Waals surface area contributed by atoms with Crippen LogP contribution in [0, 0.1) is 11.8 Å². The van der Waals surface area contributed by atoms with E-state index in [1.807, 2.05) is 49.9 Å². The Hall–Kier alpha value is -6.22. The first-order valence-corrected chi connectivity index (χ1v) is 23.2. The summed E-state index contributed by atoms with van der Waals surface area (Å²) in [6.07, 6.45) is 8.09. The molecule has 2 aromatic heterocycles. The molecule has 15 nitrogen and oxygen atoms in total. The second-order valence-corrected chi connectivity index (χ2v) is 19.6. The van der Waals surface area contributed by atoms with E-state index >= 15 is 0 Å². The average molecular weight is 882 g/mol. The first kappa shape index (κ1) is 42.7. The van der Waals surface area contributed by atoms with E-state index in [0.29, 0.717) is 25.2 Å². The van der Waals surface area contributed by atoms with Crippen molar-refractivity contribution in [3.63, 3.8) is 0 Å². The standard InChI is InChI=1S/C50H59N9O6/c1-26(2)42(55-48(62)64-6)46(60)57-18-8-10-36(57)44-51-24-34(53-44)31-15-13-28-20-30(14-12-29(28)21-31)32-16-17-33(41-39-23-50(5)22-38(40(32)41)59(39)50)35-25-52-45(54-35)37-11-9-19-58(37)47(61)43(27(3)4)56-49(63)65-7/h12-17,20-21,24-27,36-39,42-43H,8-11,18-19,22-23H2,1-7H3,(H,51,53)(H,52,54)(H,55,62)(H,56,63). The largest absolute Gasteiger partial charge is 0.453 e. The second kappa shape index (κ2) is 16.3. The molecule has 0 saturated carbocycles. The van der Waals surface area contributed by atoms with Gasteiger partial charge in [-0.1, -0.05) is 64.1 Å². The van der Waals surface area contributed by atoms with Crippen LogP contribution in [0.3, 0.4) is 0 Å².